The van der Waals surface area contributed by atoms with Crippen LogP contribution in [0.3, 0.4) is 0 Å². The smallest absolute Gasteiger partial charge is 0.185 e. The molecule has 5 nitrogen and oxygen atoms in total. The molecule has 0 aromatic rings. The number of carbonyl (C=O) groups excluding carboxylic acids is 3. The Morgan fingerprint density at radius 1 is 1.12 bits per heavy atom. The van der Waals surface area contributed by atoms with Gasteiger partial charge in [-0.3, -0.25) is 14.4 Å². The molecular weight excluding hydrogens is 320 g/mol. The summed E-state index contributed by atoms with van der Waals surface area (Å²) < 4.78 is 0. The molecule has 1 rings (SSSR count). The number of rotatable bonds is 7. The predicted octanol–water partition coefficient (Wildman–Crippen LogP) is 2.40. The van der Waals surface area contributed by atoms with Gasteiger partial charge >= 0.3 is 0 Å². The summed E-state index contributed by atoms with van der Waals surface area (Å²) >= 11 is 0. The second-order valence-electron chi connectivity index (χ2n) is 7.68. The molecule has 1 saturated carbocycles. The molecule has 0 spiro atoms. The fraction of sp³-hybridized carbons (Fsp3) is 0.650. The van der Waals surface area contributed by atoms with Crippen LogP contribution in [0, 0.1) is 17.8 Å². The third kappa shape index (κ3) is 4.33. The van der Waals surface area contributed by atoms with E-state index in [0.29, 0.717) is 0 Å². The Morgan fingerprint density at radius 2 is 1.64 bits per heavy atom. The van der Waals surface area contributed by atoms with Gasteiger partial charge in [0.1, 0.15) is 5.92 Å². The minimum Gasteiger partial charge on any atom is -0.389 e. The zero-order valence-electron chi connectivity index (χ0n) is 16.0. The molecule has 1 aliphatic carbocycles. The molecule has 0 amide bonds. The van der Waals surface area contributed by atoms with Crippen LogP contribution in [0.2, 0.25) is 0 Å². The second-order valence-corrected chi connectivity index (χ2v) is 7.68. The van der Waals surface area contributed by atoms with Crippen molar-refractivity contribution in [1.29, 1.82) is 0 Å². The van der Waals surface area contributed by atoms with Gasteiger partial charge in [0.25, 0.3) is 0 Å². The van der Waals surface area contributed by atoms with Gasteiger partial charge in [-0.25, -0.2) is 0 Å². The van der Waals surface area contributed by atoms with E-state index >= 15 is 0 Å². The molecular formula is C20H30O5. The third-order valence-electron chi connectivity index (χ3n) is 4.69. The van der Waals surface area contributed by atoms with Gasteiger partial charge in [-0.1, -0.05) is 37.1 Å². The summed E-state index contributed by atoms with van der Waals surface area (Å²) in [6, 6.07) is 0. The molecule has 0 aliphatic heterocycles. The lowest BCUT2D eigenvalue weighted by Gasteiger charge is -2.31. The monoisotopic (exact) mass is 350 g/mol. The van der Waals surface area contributed by atoms with E-state index in [1.807, 2.05) is 27.7 Å². The number of hydrogen-bond acceptors (Lipinski definition) is 5. The molecule has 0 aromatic carbocycles. The maximum absolute atomic E-state index is 12.8. The van der Waals surface area contributed by atoms with Gasteiger partial charge in [-0.15, -0.1) is 0 Å². The zero-order valence-corrected chi connectivity index (χ0v) is 16.0. The van der Waals surface area contributed by atoms with Crippen molar-refractivity contribution in [2.24, 2.45) is 17.8 Å². The molecule has 0 bridgehead atoms. The molecule has 0 radical (unpaired) electrons. The molecule has 4 atom stereocenters. The Balaban J connectivity index is 3.34. The summed E-state index contributed by atoms with van der Waals surface area (Å²) in [4.78, 5) is 38.0. The Hall–Kier alpha value is -1.59. The summed E-state index contributed by atoms with van der Waals surface area (Å²) in [5.74, 6) is -5.04. The molecule has 1 fully saturated rings. The number of hydrogen-bond donors (Lipinski definition) is 2. The van der Waals surface area contributed by atoms with E-state index in [4.69, 9.17) is 0 Å². The highest BCUT2D eigenvalue weighted by Crippen LogP contribution is 2.41. The quantitative estimate of drug-likeness (QED) is 0.543. The van der Waals surface area contributed by atoms with E-state index in [2.05, 4.69) is 0 Å². The maximum atomic E-state index is 12.8. The van der Waals surface area contributed by atoms with Crippen molar-refractivity contribution < 1.29 is 24.6 Å². The number of ketones is 3. The number of Topliss-reactive ketones (excluding diaryl/α,β-unsaturated/α-hetero) is 3. The van der Waals surface area contributed by atoms with Crippen molar-refractivity contribution >= 4 is 17.3 Å². The van der Waals surface area contributed by atoms with Crippen LogP contribution >= 0.6 is 0 Å². The zero-order chi connectivity index (χ0) is 19.5. The molecule has 1 aliphatic rings. The van der Waals surface area contributed by atoms with E-state index < -0.39 is 46.8 Å². The normalized spacial score (nSPS) is 27.4. The molecule has 2 unspecified atom stereocenters. The first-order valence-corrected chi connectivity index (χ1v) is 8.73. The van der Waals surface area contributed by atoms with Crippen molar-refractivity contribution in [2.75, 3.05) is 0 Å². The van der Waals surface area contributed by atoms with Crippen molar-refractivity contribution in [3.8, 4) is 0 Å². The Morgan fingerprint density at radius 3 is 2.08 bits per heavy atom. The Labute approximate surface area is 149 Å². The highest BCUT2D eigenvalue weighted by atomic mass is 16.4. The average molecular weight is 350 g/mol. The van der Waals surface area contributed by atoms with Crippen LogP contribution in [-0.2, 0) is 14.4 Å². The molecule has 2 N–H and O–H groups in total. The van der Waals surface area contributed by atoms with Crippen LogP contribution in [0.5, 0.6) is 0 Å². The van der Waals surface area contributed by atoms with E-state index in [9.17, 15) is 24.6 Å². The van der Waals surface area contributed by atoms with Crippen LogP contribution in [0.4, 0.5) is 0 Å². The highest BCUT2D eigenvalue weighted by molar-refractivity contribution is 6.27. The number of allylic oxidation sites excluding steroid dienone is 3. The second kappa shape index (κ2) is 8.19. The van der Waals surface area contributed by atoms with E-state index in [-0.39, 0.29) is 12.8 Å². The van der Waals surface area contributed by atoms with Crippen LogP contribution in [0.1, 0.15) is 54.4 Å². The Kier molecular flexibility index (Phi) is 7.03. The molecule has 5 heteroatoms. The van der Waals surface area contributed by atoms with Crippen LogP contribution < -0.4 is 0 Å². The number of aliphatic hydroxyl groups is 2. The summed E-state index contributed by atoms with van der Waals surface area (Å²) in [5.41, 5.74) is -0.375. The lowest BCUT2D eigenvalue weighted by Crippen LogP contribution is -2.52. The van der Waals surface area contributed by atoms with Gasteiger partial charge in [0.15, 0.2) is 23.0 Å². The largest absolute Gasteiger partial charge is 0.389 e. The minimum atomic E-state index is -2.23. The standard InChI is InChI=1S/C20H30O5/c1-11(2)7-9-14-18(23)16(17(22)13(5)6)19(24)20(14,25)15(21)10-8-12(3)4/h7-8,13-16,21,25H,9-10H2,1-6H3/t14?,15-,16?,20-/m1/s1. The lowest BCUT2D eigenvalue weighted by molar-refractivity contribution is -0.155. The van der Waals surface area contributed by atoms with E-state index in [1.54, 1.807) is 26.0 Å². The highest BCUT2D eigenvalue weighted by Gasteiger charge is 2.63. The molecule has 25 heavy (non-hydrogen) atoms. The van der Waals surface area contributed by atoms with Gasteiger partial charge in [0, 0.05) is 5.92 Å². The van der Waals surface area contributed by atoms with Gasteiger partial charge in [0.2, 0.25) is 0 Å². The molecule has 0 aromatic heterocycles. The van der Waals surface area contributed by atoms with Gasteiger partial charge in [-0.2, -0.15) is 0 Å². The first kappa shape index (κ1) is 21.5. The van der Waals surface area contributed by atoms with Crippen LogP contribution in [0.25, 0.3) is 0 Å². The minimum absolute atomic E-state index is 0.0474. The fourth-order valence-electron chi connectivity index (χ4n) is 3.13. The summed E-state index contributed by atoms with van der Waals surface area (Å²) in [5, 5.41) is 21.6. The Bertz CT molecular complexity index is 606. The number of aliphatic hydroxyl groups excluding tert-OH is 1. The first-order chi connectivity index (χ1) is 11.4. The van der Waals surface area contributed by atoms with Crippen LogP contribution in [-0.4, -0.2) is 39.3 Å². The summed E-state index contributed by atoms with van der Waals surface area (Å²) in [6.45, 7) is 10.6. The van der Waals surface area contributed by atoms with Gasteiger partial charge < -0.3 is 10.2 Å². The van der Waals surface area contributed by atoms with Crippen molar-refractivity contribution in [3.63, 3.8) is 0 Å². The average Bonchev–Trinajstić information content (AvgIpc) is 2.69. The molecule has 140 valence electrons. The number of carbonyl (C=O) groups is 3. The molecule has 0 saturated heterocycles. The van der Waals surface area contributed by atoms with Gasteiger partial charge in [0.05, 0.1) is 12.0 Å². The summed E-state index contributed by atoms with van der Waals surface area (Å²) in [6.07, 6.45) is 2.19. The van der Waals surface area contributed by atoms with E-state index in [0.717, 1.165) is 11.1 Å². The fourth-order valence-corrected chi connectivity index (χ4v) is 3.13. The van der Waals surface area contributed by atoms with Crippen LogP contribution in [0.15, 0.2) is 23.3 Å². The van der Waals surface area contributed by atoms with Crippen molar-refractivity contribution in [3.05, 3.63) is 23.3 Å². The van der Waals surface area contributed by atoms with Crippen molar-refractivity contribution in [2.45, 2.75) is 66.1 Å². The predicted molar refractivity (Wildman–Crippen MR) is 95.9 cm³/mol. The maximum Gasteiger partial charge on any atom is 0.185 e. The van der Waals surface area contributed by atoms with Crippen molar-refractivity contribution in [1.82, 2.24) is 0 Å². The SMILES string of the molecule is CC(C)=CCC1C(=O)C(C(=O)C(C)C)C(=O)[C@]1(O)[C@H](O)CC=C(C)C. The first-order valence-electron chi connectivity index (χ1n) is 8.73. The van der Waals surface area contributed by atoms with Gasteiger partial charge in [-0.05, 0) is 40.5 Å². The summed E-state index contributed by atoms with van der Waals surface area (Å²) in [7, 11) is 0. The lowest BCUT2D eigenvalue weighted by atomic mass is 9.80. The third-order valence-corrected chi connectivity index (χ3v) is 4.69. The topological polar surface area (TPSA) is 91.7 Å². The molecule has 0 heterocycles. The van der Waals surface area contributed by atoms with E-state index in [1.165, 1.54) is 0 Å².